The molecule has 0 heterocycles. The molecule has 0 N–H and O–H groups in total. The van der Waals surface area contributed by atoms with Crippen molar-refractivity contribution in [3.05, 3.63) is 54.1 Å². The first-order chi connectivity index (χ1) is 11.6. The van der Waals surface area contributed by atoms with Gasteiger partial charge in [0, 0.05) is 13.6 Å². The quantitative estimate of drug-likeness (QED) is 0.777. The van der Waals surface area contributed by atoms with E-state index in [-0.39, 0.29) is 12.5 Å². The van der Waals surface area contributed by atoms with E-state index in [9.17, 15) is 4.79 Å². The number of benzene rings is 2. The molecule has 2 rings (SSSR count). The number of carbonyl (C=O) groups is 1. The maximum Gasteiger partial charge on any atom is 0.260 e. The molecular formula is C20H22N2O2. The van der Waals surface area contributed by atoms with Crippen LogP contribution in [0.3, 0.4) is 0 Å². The van der Waals surface area contributed by atoms with Crippen LogP contribution < -0.4 is 4.74 Å². The highest BCUT2D eigenvalue weighted by Crippen LogP contribution is 2.22. The third kappa shape index (κ3) is 4.85. The van der Waals surface area contributed by atoms with E-state index in [1.54, 1.807) is 24.1 Å². The van der Waals surface area contributed by atoms with Crippen LogP contribution in [0.5, 0.6) is 5.75 Å². The number of nitrogens with zero attached hydrogens (tertiary/aromatic N) is 2. The van der Waals surface area contributed by atoms with Crippen LogP contribution in [0.4, 0.5) is 0 Å². The topological polar surface area (TPSA) is 53.3 Å². The highest BCUT2D eigenvalue weighted by Gasteiger charge is 2.09. The van der Waals surface area contributed by atoms with Crippen LogP contribution in [0.15, 0.2) is 48.5 Å². The van der Waals surface area contributed by atoms with Gasteiger partial charge in [-0.1, -0.05) is 37.6 Å². The van der Waals surface area contributed by atoms with Crippen molar-refractivity contribution in [1.29, 1.82) is 5.26 Å². The minimum absolute atomic E-state index is 0.0142. The Bertz CT molecular complexity index is 700. The second kappa shape index (κ2) is 8.73. The summed E-state index contributed by atoms with van der Waals surface area (Å²) >= 11 is 0. The Hall–Kier alpha value is -2.80. The van der Waals surface area contributed by atoms with Gasteiger partial charge in [0.1, 0.15) is 5.75 Å². The lowest BCUT2D eigenvalue weighted by atomic mass is 10.0. The minimum Gasteiger partial charge on any atom is -0.484 e. The summed E-state index contributed by atoms with van der Waals surface area (Å²) in [4.78, 5) is 13.6. The van der Waals surface area contributed by atoms with Crippen molar-refractivity contribution in [3.8, 4) is 22.9 Å². The highest BCUT2D eigenvalue weighted by molar-refractivity contribution is 5.77. The Morgan fingerprint density at radius 3 is 2.21 bits per heavy atom. The van der Waals surface area contributed by atoms with Crippen LogP contribution >= 0.6 is 0 Å². The van der Waals surface area contributed by atoms with Crippen molar-refractivity contribution < 1.29 is 9.53 Å². The third-order valence-electron chi connectivity index (χ3n) is 3.84. The van der Waals surface area contributed by atoms with Crippen molar-refractivity contribution in [1.82, 2.24) is 4.90 Å². The predicted molar refractivity (Wildman–Crippen MR) is 94.6 cm³/mol. The summed E-state index contributed by atoms with van der Waals surface area (Å²) in [6, 6.07) is 17.1. The van der Waals surface area contributed by atoms with Gasteiger partial charge in [0.2, 0.25) is 0 Å². The van der Waals surface area contributed by atoms with E-state index in [1.807, 2.05) is 36.4 Å². The maximum absolute atomic E-state index is 11.9. The van der Waals surface area contributed by atoms with Gasteiger partial charge in [0.05, 0.1) is 11.6 Å². The Morgan fingerprint density at radius 1 is 1.08 bits per heavy atom. The zero-order valence-corrected chi connectivity index (χ0v) is 14.2. The first kappa shape index (κ1) is 17.6. The van der Waals surface area contributed by atoms with Gasteiger partial charge in [-0.25, -0.2) is 0 Å². The predicted octanol–water partition coefficient (Wildman–Crippen LogP) is 3.86. The smallest absolute Gasteiger partial charge is 0.260 e. The fourth-order valence-electron chi connectivity index (χ4n) is 2.26. The third-order valence-corrected chi connectivity index (χ3v) is 3.84. The number of likely N-dealkylation sites (N-methyl/N-ethyl adjacent to an activating group) is 1. The molecule has 4 nitrogen and oxygen atoms in total. The Morgan fingerprint density at radius 2 is 1.67 bits per heavy atom. The van der Waals surface area contributed by atoms with Crippen LogP contribution in [-0.4, -0.2) is 31.0 Å². The van der Waals surface area contributed by atoms with Crippen molar-refractivity contribution in [3.63, 3.8) is 0 Å². The van der Waals surface area contributed by atoms with E-state index in [0.29, 0.717) is 11.3 Å². The van der Waals surface area contributed by atoms with E-state index in [4.69, 9.17) is 10.00 Å². The molecule has 2 aromatic carbocycles. The minimum atomic E-state index is -0.0142. The Labute approximate surface area is 143 Å². The molecule has 24 heavy (non-hydrogen) atoms. The van der Waals surface area contributed by atoms with Crippen molar-refractivity contribution >= 4 is 5.91 Å². The zero-order chi connectivity index (χ0) is 17.4. The molecule has 0 unspecified atom stereocenters. The molecule has 0 aliphatic rings. The number of unbranched alkanes of at least 4 members (excludes halogenated alkanes) is 1. The standard InChI is InChI=1S/C20H22N2O2/c1-3-4-13-22(2)20(23)15-24-19-11-9-18(10-12-19)17-7-5-16(14-21)6-8-17/h5-12H,3-4,13,15H2,1-2H3. The normalized spacial score (nSPS) is 10.0. The lowest BCUT2D eigenvalue weighted by Crippen LogP contribution is -2.32. The van der Waals surface area contributed by atoms with E-state index in [2.05, 4.69) is 13.0 Å². The molecule has 1 amide bonds. The number of hydrogen-bond acceptors (Lipinski definition) is 3. The number of ether oxygens (including phenoxy) is 1. The van der Waals surface area contributed by atoms with Gasteiger partial charge in [-0.15, -0.1) is 0 Å². The molecule has 0 atom stereocenters. The number of rotatable bonds is 7. The van der Waals surface area contributed by atoms with Crippen LogP contribution in [0.1, 0.15) is 25.3 Å². The summed E-state index contributed by atoms with van der Waals surface area (Å²) in [6.45, 7) is 2.91. The van der Waals surface area contributed by atoms with E-state index in [1.165, 1.54) is 0 Å². The number of hydrogen-bond donors (Lipinski definition) is 0. The zero-order valence-electron chi connectivity index (χ0n) is 14.2. The van der Waals surface area contributed by atoms with Gasteiger partial charge in [-0.2, -0.15) is 5.26 Å². The SMILES string of the molecule is CCCCN(C)C(=O)COc1ccc(-c2ccc(C#N)cc2)cc1. The van der Waals surface area contributed by atoms with Crippen LogP contribution in [0.25, 0.3) is 11.1 Å². The van der Waals surface area contributed by atoms with Gasteiger partial charge in [-0.3, -0.25) is 4.79 Å². The number of amides is 1. The van der Waals surface area contributed by atoms with Gasteiger partial charge >= 0.3 is 0 Å². The molecule has 2 aromatic rings. The van der Waals surface area contributed by atoms with Gasteiger partial charge < -0.3 is 9.64 Å². The lowest BCUT2D eigenvalue weighted by molar-refractivity contribution is -0.132. The molecule has 0 bridgehead atoms. The summed E-state index contributed by atoms with van der Waals surface area (Å²) < 4.78 is 5.56. The monoisotopic (exact) mass is 322 g/mol. The molecule has 0 saturated carbocycles. The fourth-order valence-corrected chi connectivity index (χ4v) is 2.26. The summed E-state index contributed by atoms with van der Waals surface area (Å²) in [7, 11) is 1.80. The largest absolute Gasteiger partial charge is 0.484 e. The molecule has 124 valence electrons. The molecule has 0 spiro atoms. The average molecular weight is 322 g/mol. The van der Waals surface area contributed by atoms with Gasteiger partial charge in [0.15, 0.2) is 6.61 Å². The molecule has 0 aliphatic heterocycles. The molecule has 4 heteroatoms. The maximum atomic E-state index is 11.9. The van der Waals surface area contributed by atoms with Gasteiger partial charge in [-0.05, 0) is 41.8 Å². The first-order valence-electron chi connectivity index (χ1n) is 8.11. The Balaban J connectivity index is 1.92. The fraction of sp³-hybridized carbons (Fsp3) is 0.300. The summed E-state index contributed by atoms with van der Waals surface area (Å²) in [5, 5.41) is 8.83. The Kier molecular flexibility index (Phi) is 6.39. The average Bonchev–Trinajstić information content (AvgIpc) is 2.64. The van der Waals surface area contributed by atoms with Crippen LogP contribution in [0.2, 0.25) is 0 Å². The van der Waals surface area contributed by atoms with E-state index < -0.39 is 0 Å². The van der Waals surface area contributed by atoms with E-state index in [0.717, 1.165) is 30.5 Å². The van der Waals surface area contributed by atoms with Crippen LogP contribution in [-0.2, 0) is 4.79 Å². The van der Waals surface area contributed by atoms with Crippen molar-refractivity contribution in [2.24, 2.45) is 0 Å². The highest BCUT2D eigenvalue weighted by atomic mass is 16.5. The second-order valence-electron chi connectivity index (χ2n) is 5.67. The number of carbonyl (C=O) groups excluding carboxylic acids is 1. The number of nitriles is 1. The molecule has 0 aromatic heterocycles. The summed E-state index contributed by atoms with van der Waals surface area (Å²) in [5.41, 5.74) is 2.72. The van der Waals surface area contributed by atoms with Gasteiger partial charge in [0.25, 0.3) is 5.91 Å². The van der Waals surface area contributed by atoms with Crippen molar-refractivity contribution in [2.75, 3.05) is 20.2 Å². The molecule has 0 radical (unpaired) electrons. The summed E-state index contributed by atoms with van der Waals surface area (Å²) in [5.74, 6) is 0.657. The van der Waals surface area contributed by atoms with E-state index >= 15 is 0 Å². The second-order valence-corrected chi connectivity index (χ2v) is 5.67. The lowest BCUT2D eigenvalue weighted by Gasteiger charge is -2.17. The summed E-state index contributed by atoms with van der Waals surface area (Å²) in [6.07, 6.45) is 2.07. The molecule has 0 fully saturated rings. The van der Waals surface area contributed by atoms with Crippen molar-refractivity contribution in [2.45, 2.75) is 19.8 Å². The van der Waals surface area contributed by atoms with Crippen LogP contribution in [0, 0.1) is 11.3 Å². The first-order valence-corrected chi connectivity index (χ1v) is 8.11. The molecule has 0 saturated heterocycles. The molecular weight excluding hydrogens is 300 g/mol. The molecule has 0 aliphatic carbocycles.